The molecule has 0 spiro atoms. The highest BCUT2D eigenvalue weighted by atomic mass is 15.1. The number of hydrogen-bond acceptors (Lipinski definition) is 3. The highest BCUT2D eigenvalue weighted by Crippen LogP contribution is 2.20. The lowest BCUT2D eigenvalue weighted by atomic mass is 9.92. The molecule has 0 radical (unpaired) electrons. The van der Waals surface area contributed by atoms with Gasteiger partial charge in [-0.3, -0.25) is 4.98 Å². The molecule has 1 saturated heterocycles. The van der Waals surface area contributed by atoms with Crippen molar-refractivity contribution in [3.8, 4) is 0 Å². The van der Waals surface area contributed by atoms with Gasteiger partial charge in [0.2, 0.25) is 0 Å². The van der Waals surface area contributed by atoms with Crippen LogP contribution in [0.1, 0.15) is 40.0 Å². The zero-order chi connectivity index (χ0) is 13.7. The van der Waals surface area contributed by atoms with Gasteiger partial charge in [-0.1, -0.05) is 20.8 Å². The number of piperidine rings is 1. The summed E-state index contributed by atoms with van der Waals surface area (Å²) in [7, 11) is 0. The first kappa shape index (κ1) is 14.3. The Morgan fingerprint density at radius 2 is 1.84 bits per heavy atom. The Balaban J connectivity index is 1.71. The van der Waals surface area contributed by atoms with Gasteiger partial charge in [-0.25, -0.2) is 0 Å². The molecule has 1 aliphatic rings. The van der Waals surface area contributed by atoms with Crippen molar-refractivity contribution in [1.82, 2.24) is 10.3 Å². The van der Waals surface area contributed by atoms with E-state index in [2.05, 4.69) is 48.1 Å². The van der Waals surface area contributed by atoms with Crippen LogP contribution in [0, 0.1) is 5.41 Å². The lowest BCUT2D eigenvalue weighted by Crippen LogP contribution is -2.43. The largest absolute Gasteiger partial charge is 0.371 e. The fourth-order valence-electron chi connectivity index (χ4n) is 2.55. The van der Waals surface area contributed by atoms with Crippen LogP contribution in [0.15, 0.2) is 24.5 Å². The summed E-state index contributed by atoms with van der Waals surface area (Å²) in [5, 5.41) is 3.71. The Bertz CT molecular complexity index is 361. The number of rotatable bonds is 4. The van der Waals surface area contributed by atoms with E-state index in [1.54, 1.807) is 0 Å². The summed E-state index contributed by atoms with van der Waals surface area (Å²) in [6.45, 7) is 10.4. The highest BCUT2D eigenvalue weighted by molar-refractivity contribution is 5.44. The van der Waals surface area contributed by atoms with E-state index in [0.717, 1.165) is 19.6 Å². The van der Waals surface area contributed by atoms with Crippen LogP contribution in [0.2, 0.25) is 0 Å². The highest BCUT2D eigenvalue weighted by Gasteiger charge is 2.19. The molecule has 19 heavy (non-hydrogen) atoms. The molecular weight excluding hydrogens is 234 g/mol. The average molecular weight is 261 g/mol. The second-order valence-electron chi connectivity index (χ2n) is 6.73. The Morgan fingerprint density at radius 3 is 2.42 bits per heavy atom. The maximum atomic E-state index is 4.08. The predicted octanol–water partition coefficient (Wildman–Crippen LogP) is 3.08. The van der Waals surface area contributed by atoms with Gasteiger partial charge in [0.1, 0.15) is 0 Å². The number of nitrogens with zero attached hydrogens (tertiary/aromatic N) is 2. The van der Waals surface area contributed by atoms with Crippen LogP contribution in [0.4, 0.5) is 5.69 Å². The molecule has 3 nitrogen and oxygen atoms in total. The van der Waals surface area contributed by atoms with Crippen LogP contribution in [-0.4, -0.2) is 30.7 Å². The van der Waals surface area contributed by atoms with E-state index in [-0.39, 0.29) is 0 Å². The van der Waals surface area contributed by atoms with Crippen LogP contribution >= 0.6 is 0 Å². The van der Waals surface area contributed by atoms with Gasteiger partial charge in [0.05, 0.1) is 0 Å². The molecule has 1 fully saturated rings. The molecule has 1 aliphatic heterocycles. The summed E-state index contributed by atoms with van der Waals surface area (Å²) in [6, 6.07) is 4.90. The van der Waals surface area contributed by atoms with Gasteiger partial charge >= 0.3 is 0 Å². The fourth-order valence-corrected chi connectivity index (χ4v) is 2.55. The summed E-state index contributed by atoms with van der Waals surface area (Å²) in [5.41, 5.74) is 1.74. The average Bonchev–Trinajstić information content (AvgIpc) is 2.39. The number of hydrogen-bond donors (Lipinski definition) is 1. The van der Waals surface area contributed by atoms with Crippen molar-refractivity contribution >= 4 is 5.69 Å². The Hall–Kier alpha value is -1.09. The van der Waals surface area contributed by atoms with Gasteiger partial charge in [-0.05, 0) is 43.4 Å². The van der Waals surface area contributed by atoms with Gasteiger partial charge < -0.3 is 10.2 Å². The second kappa shape index (κ2) is 6.38. The molecule has 2 heterocycles. The van der Waals surface area contributed by atoms with Crippen LogP contribution in [0.25, 0.3) is 0 Å². The third-order valence-electron chi connectivity index (χ3n) is 3.83. The standard InChI is InChI=1S/C16H27N3/c1-16(2,3)8-11-18-14-6-12-19(13-7-14)15-4-9-17-10-5-15/h4-5,9-10,14,18H,6-8,11-13H2,1-3H3. The second-order valence-corrected chi connectivity index (χ2v) is 6.73. The van der Waals surface area contributed by atoms with E-state index in [4.69, 9.17) is 0 Å². The first-order chi connectivity index (χ1) is 9.04. The Labute approximate surface area is 117 Å². The Kier molecular flexibility index (Phi) is 4.81. The molecule has 0 aromatic carbocycles. The maximum Gasteiger partial charge on any atom is 0.0397 e. The number of anilines is 1. The minimum absolute atomic E-state index is 0.435. The van der Waals surface area contributed by atoms with Crippen molar-refractivity contribution in [2.24, 2.45) is 5.41 Å². The third-order valence-corrected chi connectivity index (χ3v) is 3.83. The van der Waals surface area contributed by atoms with Crippen molar-refractivity contribution in [2.45, 2.75) is 46.1 Å². The summed E-state index contributed by atoms with van der Waals surface area (Å²) in [6.07, 6.45) is 7.49. The molecule has 0 aliphatic carbocycles. The quantitative estimate of drug-likeness (QED) is 0.903. The van der Waals surface area contributed by atoms with E-state index >= 15 is 0 Å². The van der Waals surface area contributed by atoms with Gasteiger partial charge in [-0.2, -0.15) is 0 Å². The molecule has 1 aromatic heterocycles. The molecule has 0 bridgehead atoms. The predicted molar refractivity (Wildman–Crippen MR) is 81.5 cm³/mol. The van der Waals surface area contributed by atoms with Crippen molar-refractivity contribution in [2.75, 3.05) is 24.5 Å². The normalized spacial score (nSPS) is 17.7. The minimum Gasteiger partial charge on any atom is -0.371 e. The monoisotopic (exact) mass is 261 g/mol. The summed E-state index contributed by atoms with van der Waals surface area (Å²) < 4.78 is 0. The van der Waals surface area contributed by atoms with Crippen LogP contribution in [-0.2, 0) is 0 Å². The molecule has 0 atom stereocenters. The molecule has 2 rings (SSSR count). The molecule has 1 aromatic rings. The van der Waals surface area contributed by atoms with Gasteiger partial charge in [0.15, 0.2) is 0 Å². The number of pyridine rings is 1. The van der Waals surface area contributed by atoms with Crippen LogP contribution in [0.3, 0.4) is 0 Å². The zero-order valence-electron chi connectivity index (χ0n) is 12.5. The molecule has 0 unspecified atom stereocenters. The molecule has 0 amide bonds. The topological polar surface area (TPSA) is 28.2 Å². The van der Waals surface area contributed by atoms with E-state index in [0.29, 0.717) is 11.5 Å². The number of aromatic nitrogens is 1. The zero-order valence-corrected chi connectivity index (χ0v) is 12.5. The van der Waals surface area contributed by atoms with E-state index in [1.165, 1.54) is 24.9 Å². The maximum absolute atomic E-state index is 4.08. The smallest absolute Gasteiger partial charge is 0.0397 e. The molecular formula is C16H27N3. The molecule has 0 saturated carbocycles. The lowest BCUT2D eigenvalue weighted by Gasteiger charge is -2.34. The van der Waals surface area contributed by atoms with E-state index in [1.807, 2.05) is 12.4 Å². The number of nitrogens with one attached hydrogen (secondary N) is 1. The van der Waals surface area contributed by atoms with Crippen molar-refractivity contribution in [1.29, 1.82) is 0 Å². The van der Waals surface area contributed by atoms with Crippen molar-refractivity contribution in [3.05, 3.63) is 24.5 Å². The first-order valence-corrected chi connectivity index (χ1v) is 7.43. The summed E-state index contributed by atoms with van der Waals surface area (Å²) in [5.74, 6) is 0. The van der Waals surface area contributed by atoms with E-state index in [9.17, 15) is 0 Å². The van der Waals surface area contributed by atoms with Gasteiger partial charge in [0.25, 0.3) is 0 Å². The summed E-state index contributed by atoms with van der Waals surface area (Å²) in [4.78, 5) is 6.54. The van der Waals surface area contributed by atoms with Crippen LogP contribution in [0.5, 0.6) is 0 Å². The van der Waals surface area contributed by atoms with Gasteiger partial charge in [-0.15, -0.1) is 0 Å². The SMILES string of the molecule is CC(C)(C)CCNC1CCN(c2ccncc2)CC1. The third kappa shape index (κ3) is 4.83. The van der Waals surface area contributed by atoms with Gasteiger partial charge in [0, 0.05) is 37.2 Å². The molecule has 106 valence electrons. The molecule has 1 N–H and O–H groups in total. The first-order valence-electron chi connectivity index (χ1n) is 7.43. The van der Waals surface area contributed by atoms with E-state index < -0.39 is 0 Å². The van der Waals surface area contributed by atoms with Crippen LogP contribution < -0.4 is 10.2 Å². The Morgan fingerprint density at radius 1 is 1.21 bits per heavy atom. The van der Waals surface area contributed by atoms with Crippen molar-refractivity contribution < 1.29 is 0 Å². The van der Waals surface area contributed by atoms with Crippen molar-refractivity contribution in [3.63, 3.8) is 0 Å². The fraction of sp³-hybridized carbons (Fsp3) is 0.688. The minimum atomic E-state index is 0.435. The summed E-state index contributed by atoms with van der Waals surface area (Å²) >= 11 is 0. The molecule has 3 heteroatoms. The lowest BCUT2D eigenvalue weighted by molar-refractivity contribution is 0.337.